The fourth-order valence-corrected chi connectivity index (χ4v) is 3.24. The van der Waals surface area contributed by atoms with Crippen molar-refractivity contribution in [3.8, 4) is 11.1 Å². The van der Waals surface area contributed by atoms with Crippen LogP contribution in [-0.4, -0.2) is 24.9 Å². The highest BCUT2D eigenvalue weighted by Crippen LogP contribution is 2.27. The predicted molar refractivity (Wildman–Crippen MR) is 83.5 cm³/mol. The third-order valence-electron chi connectivity index (χ3n) is 3.39. The summed E-state index contributed by atoms with van der Waals surface area (Å²) >= 11 is 0. The summed E-state index contributed by atoms with van der Waals surface area (Å²) in [5, 5.41) is 5.56. The fourth-order valence-electron chi connectivity index (χ4n) is 2.41. The summed E-state index contributed by atoms with van der Waals surface area (Å²) in [6.45, 7) is 0. The lowest BCUT2D eigenvalue weighted by molar-refractivity contribution is -0.114. The van der Waals surface area contributed by atoms with Crippen molar-refractivity contribution in [1.82, 2.24) is 19.5 Å². The summed E-state index contributed by atoms with van der Waals surface area (Å²) in [5.41, 5.74) is 2.66. The highest BCUT2D eigenvalue weighted by Gasteiger charge is 2.22. The summed E-state index contributed by atoms with van der Waals surface area (Å²) < 4.78 is 15.5. The summed E-state index contributed by atoms with van der Waals surface area (Å²) in [7, 11) is -1.57. The summed E-state index contributed by atoms with van der Waals surface area (Å²) in [4.78, 5) is 15.7. The van der Waals surface area contributed by atoms with Gasteiger partial charge in [0.2, 0.25) is 0 Å². The highest BCUT2D eigenvalue weighted by molar-refractivity contribution is 7.93. The maximum atomic E-state index is 11.8. The zero-order valence-electron chi connectivity index (χ0n) is 11.3. The zero-order chi connectivity index (χ0) is 15.1. The number of hydrogen-bond donors (Lipinski definition) is 1. The number of aromatic nitrogens is 3. The van der Waals surface area contributed by atoms with E-state index in [0.29, 0.717) is 5.03 Å². The topological polar surface area (TPSA) is 76.9 Å². The van der Waals surface area contributed by atoms with Crippen molar-refractivity contribution in [3.05, 3.63) is 55.0 Å². The highest BCUT2D eigenvalue weighted by atomic mass is 32.2. The largest absolute Gasteiger partial charge is 0.269 e. The molecule has 3 aromatic rings. The first-order chi connectivity index (χ1) is 10.7. The van der Waals surface area contributed by atoms with Crippen molar-refractivity contribution in [2.75, 3.05) is 0 Å². The van der Waals surface area contributed by atoms with Crippen LogP contribution in [0.4, 0.5) is 0 Å². The maximum absolute atomic E-state index is 11.8. The quantitative estimate of drug-likeness (QED) is 0.781. The Labute approximate surface area is 128 Å². The number of para-hydroxylation sites is 1. The average Bonchev–Trinajstić information content (AvgIpc) is 3.13. The van der Waals surface area contributed by atoms with E-state index in [-0.39, 0.29) is 5.91 Å². The normalized spacial score (nSPS) is 17.5. The number of benzene rings is 1. The van der Waals surface area contributed by atoms with Gasteiger partial charge in [0.05, 0.1) is 11.7 Å². The number of pyridine rings is 1. The number of carbonyl (C=O) groups excluding carboxylic acids is 1. The minimum Gasteiger partial charge on any atom is -0.269 e. The molecule has 0 saturated carbocycles. The molecule has 108 valence electrons. The van der Waals surface area contributed by atoms with Gasteiger partial charge in [-0.15, -0.1) is 0 Å². The Balaban J connectivity index is 1.83. The van der Waals surface area contributed by atoms with Gasteiger partial charge in [-0.2, -0.15) is 5.10 Å². The molecule has 1 N–H and O–H groups in total. The minimum absolute atomic E-state index is 0.324. The number of nitrogens with one attached hydrogen (secondary N) is 1. The second kappa shape index (κ2) is 4.88. The van der Waals surface area contributed by atoms with Gasteiger partial charge in [0.15, 0.2) is 16.0 Å². The molecule has 0 aliphatic carbocycles. The van der Waals surface area contributed by atoms with Crippen LogP contribution in [0.2, 0.25) is 0 Å². The number of amides is 1. The number of rotatable bonds is 2. The van der Waals surface area contributed by atoms with Gasteiger partial charge >= 0.3 is 0 Å². The molecule has 1 aromatic carbocycles. The molecule has 4 rings (SSSR count). The van der Waals surface area contributed by atoms with E-state index in [4.69, 9.17) is 0 Å². The van der Waals surface area contributed by atoms with Crippen LogP contribution < -0.4 is 4.72 Å². The minimum atomic E-state index is -1.57. The number of nitrogens with zero attached hydrogens (tertiary/aromatic N) is 3. The molecule has 2 aromatic heterocycles. The molecule has 1 atom stereocenters. The molecule has 0 spiro atoms. The molecule has 7 heteroatoms. The zero-order valence-corrected chi connectivity index (χ0v) is 12.1. The van der Waals surface area contributed by atoms with E-state index >= 15 is 0 Å². The molecule has 1 aliphatic rings. The molecule has 6 nitrogen and oxygen atoms in total. The lowest BCUT2D eigenvalue weighted by Gasteiger charge is -2.03. The van der Waals surface area contributed by atoms with Gasteiger partial charge in [-0.1, -0.05) is 24.3 Å². The Hall–Kier alpha value is -2.80. The summed E-state index contributed by atoms with van der Waals surface area (Å²) in [6, 6.07) is 9.79. The molecule has 3 heterocycles. The second-order valence-corrected chi connectivity index (χ2v) is 5.93. The van der Waals surface area contributed by atoms with E-state index in [2.05, 4.69) is 14.8 Å². The Morgan fingerprint density at radius 2 is 2.05 bits per heavy atom. The van der Waals surface area contributed by atoms with Crippen molar-refractivity contribution < 1.29 is 9.00 Å². The van der Waals surface area contributed by atoms with E-state index in [1.54, 1.807) is 18.6 Å². The monoisotopic (exact) mass is 310 g/mol. The predicted octanol–water partition coefficient (Wildman–Crippen LogP) is 1.69. The first-order valence-electron chi connectivity index (χ1n) is 6.55. The lowest BCUT2D eigenvalue weighted by Crippen LogP contribution is -2.17. The van der Waals surface area contributed by atoms with Gasteiger partial charge in [-0.25, -0.2) is 8.89 Å². The van der Waals surface area contributed by atoms with E-state index in [0.717, 1.165) is 22.0 Å². The molecule has 0 saturated heterocycles. The van der Waals surface area contributed by atoms with Crippen molar-refractivity contribution >= 4 is 32.8 Å². The Kier molecular flexibility index (Phi) is 2.87. The van der Waals surface area contributed by atoms with E-state index in [9.17, 15) is 9.00 Å². The number of hydrogen-bond acceptors (Lipinski definition) is 4. The van der Waals surface area contributed by atoms with Crippen LogP contribution in [0.3, 0.4) is 0 Å². The van der Waals surface area contributed by atoms with Crippen molar-refractivity contribution in [1.29, 1.82) is 0 Å². The molecule has 0 fully saturated rings. The Bertz CT molecular complexity index is 956. The van der Waals surface area contributed by atoms with Crippen molar-refractivity contribution in [2.45, 2.75) is 0 Å². The third kappa shape index (κ3) is 2.03. The van der Waals surface area contributed by atoms with Gasteiger partial charge in [0, 0.05) is 35.0 Å². The van der Waals surface area contributed by atoms with E-state index in [1.165, 1.54) is 10.8 Å². The van der Waals surface area contributed by atoms with Gasteiger partial charge in [-0.05, 0) is 6.07 Å². The van der Waals surface area contributed by atoms with Crippen LogP contribution >= 0.6 is 0 Å². The van der Waals surface area contributed by atoms with Crippen LogP contribution in [0.15, 0.2) is 55.0 Å². The Morgan fingerprint density at radius 1 is 1.18 bits per heavy atom. The molecular weight excluding hydrogens is 300 g/mol. The molecule has 0 bridgehead atoms. The molecule has 1 aliphatic heterocycles. The smallest absolute Gasteiger partial charge is 0.258 e. The SMILES string of the molecule is O=C1C=C(n2cc(-c3cccc4cccnc34)cn2)S(=O)N1. The number of carbonyl (C=O) groups is 1. The fraction of sp³-hybridized carbons (Fsp3) is 0. The standard InChI is InChI=1S/C15H10N4O2S/c20-13-7-14(22(21)18-13)19-9-11(8-17-19)12-5-1-3-10-4-2-6-16-15(10)12/h1-9H,(H,18,20). The number of fused-ring (bicyclic) bond motifs is 1. The molecule has 1 unspecified atom stereocenters. The van der Waals surface area contributed by atoms with E-state index < -0.39 is 11.0 Å². The van der Waals surface area contributed by atoms with E-state index in [1.807, 2.05) is 30.3 Å². The second-order valence-electron chi connectivity index (χ2n) is 4.77. The first kappa shape index (κ1) is 12.9. The molecular formula is C15H10N4O2S. The summed E-state index contributed by atoms with van der Waals surface area (Å²) in [6.07, 6.45) is 6.44. The average molecular weight is 310 g/mol. The van der Waals surface area contributed by atoms with Gasteiger partial charge in [0.25, 0.3) is 5.91 Å². The van der Waals surface area contributed by atoms with Gasteiger partial charge in [-0.3, -0.25) is 14.5 Å². The van der Waals surface area contributed by atoms with Crippen molar-refractivity contribution in [2.24, 2.45) is 0 Å². The summed E-state index contributed by atoms with van der Waals surface area (Å²) in [5.74, 6) is -0.378. The van der Waals surface area contributed by atoms with Crippen LogP contribution in [0, 0.1) is 0 Å². The van der Waals surface area contributed by atoms with Crippen molar-refractivity contribution in [3.63, 3.8) is 0 Å². The molecule has 22 heavy (non-hydrogen) atoms. The van der Waals surface area contributed by atoms with Gasteiger partial charge < -0.3 is 0 Å². The van der Waals surface area contributed by atoms with Gasteiger partial charge in [0.1, 0.15) is 0 Å². The lowest BCUT2D eigenvalue weighted by atomic mass is 10.1. The first-order valence-corrected chi connectivity index (χ1v) is 7.70. The van der Waals surface area contributed by atoms with Crippen LogP contribution in [0.1, 0.15) is 0 Å². The van der Waals surface area contributed by atoms with Crippen LogP contribution in [0.5, 0.6) is 0 Å². The molecule has 1 amide bonds. The third-order valence-corrected chi connectivity index (χ3v) is 4.46. The Morgan fingerprint density at radius 3 is 2.86 bits per heavy atom. The maximum Gasteiger partial charge on any atom is 0.258 e. The van der Waals surface area contributed by atoms with Crippen LogP contribution in [-0.2, 0) is 15.8 Å². The van der Waals surface area contributed by atoms with Crippen LogP contribution in [0.25, 0.3) is 27.1 Å². The molecule has 0 radical (unpaired) electrons.